The summed E-state index contributed by atoms with van der Waals surface area (Å²) >= 11 is 6.31. The molecule has 1 aromatic carbocycles. The van der Waals surface area contributed by atoms with Gasteiger partial charge in [0.05, 0.1) is 5.69 Å². The maximum atomic E-state index is 11.7. The van der Waals surface area contributed by atoms with Crippen molar-refractivity contribution in [2.75, 3.05) is 0 Å². The number of rotatable bonds is 4. The van der Waals surface area contributed by atoms with Gasteiger partial charge in [-0.15, -0.1) is 10.2 Å². The number of ether oxygens (including phenoxy) is 1. The topological polar surface area (TPSA) is 81.9 Å². The van der Waals surface area contributed by atoms with Crippen LogP contribution in [0.25, 0.3) is 5.69 Å². The molecule has 1 fully saturated rings. The molecule has 1 aliphatic heterocycles. The Labute approximate surface area is 192 Å². The number of benzene rings is 1. The van der Waals surface area contributed by atoms with Gasteiger partial charge in [0.15, 0.2) is 0 Å². The van der Waals surface area contributed by atoms with Crippen LogP contribution in [-0.2, 0) is 17.6 Å². The fourth-order valence-corrected chi connectivity index (χ4v) is 5.09. The van der Waals surface area contributed by atoms with E-state index in [1.54, 1.807) is 13.1 Å². The predicted octanol–water partition coefficient (Wildman–Crippen LogP) is 4.02. The van der Waals surface area contributed by atoms with E-state index in [-0.39, 0.29) is 18.1 Å². The summed E-state index contributed by atoms with van der Waals surface area (Å²) < 4.78 is 8.26. The standard InChI is InChI=1S/C24H26ClN5O2/c1-15(31)27-19-13-17-12-18(25)7-10-21(17)30-22(14-19)28-29-24(30)16-5-8-20(9-6-16)32-23-4-2-3-11-26-23/h2-4,7,10-12,16,19-20H,5-6,8-9,13-14H2,1H3,(H,27,31)/t16-,19-,20-/m1/s1. The van der Waals surface area contributed by atoms with E-state index in [1.807, 2.05) is 36.4 Å². The van der Waals surface area contributed by atoms with Crippen molar-refractivity contribution in [2.24, 2.45) is 0 Å². The smallest absolute Gasteiger partial charge is 0.217 e. The van der Waals surface area contributed by atoms with Gasteiger partial charge in [-0.1, -0.05) is 17.7 Å². The Morgan fingerprint density at radius 2 is 1.97 bits per heavy atom. The molecule has 1 atom stereocenters. The molecular weight excluding hydrogens is 426 g/mol. The van der Waals surface area contributed by atoms with Crippen molar-refractivity contribution >= 4 is 17.5 Å². The van der Waals surface area contributed by atoms with Crippen LogP contribution in [0.4, 0.5) is 0 Å². The minimum atomic E-state index is -0.0435. The molecule has 32 heavy (non-hydrogen) atoms. The average molecular weight is 452 g/mol. The summed E-state index contributed by atoms with van der Waals surface area (Å²) in [5.41, 5.74) is 2.16. The number of carbonyl (C=O) groups is 1. The maximum Gasteiger partial charge on any atom is 0.217 e. The number of carbonyl (C=O) groups excluding carboxylic acids is 1. The molecule has 0 spiro atoms. The molecule has 3 aromatic rings. The van der Waals surface area contributed by atoms with Crippen LogP contribution >= 0.6 is 11.6 Å². The van der Waals surface area contributed by atoms with E-state index in [4.69, 9.17) is 16.3 Å². The Bertz CT molecular complexity index is 1110. The number of halogens is 1. The van der Waals surface area contributed by atoms with Crippen molar-refractivity contribution in [1.82, 2.24) is 25.1 Å². The third-order valence-electron chi connectivity index (χ3n) is 6.30. The third kappa shape index (κ3) is 4.35. The minimum Gasteiger partial charge on any atom is -0.474 e. The minimum absolute atomic E-state index is 0.0366. The van der Waals surface area contributed by atoms with Crippen LogP contribution in [0.1, 0.15) is 55.7 Å². The highest BCUT2D eigenvalue weighted by Gasteiger charge is 2.32. The van der Waals surface area contributed by atoms with Crippen LogP contribution in [0.2, 0.25) is 5.02 Å². The van der Waals surface area contributed by atoms with Crippen LogP contribution in [0.3, 0.4) is 0 Å². The van der Waals surface area contributed by atoms with Gasteiger partial charge in [0, 0.05) is 42.6 Å². The van der Waals surface area contributed by atoms with Crippen molar-refractivity contribution in [3.63, 3.8) is 0 Å². The number of aromatic nitrogens is 4. The largest absolute Gasteiger partial charge is 0.474 e. The molecule has 8 heteroatoms. The van der Waals surface area contributed by atoms with Gasteiger partial charge in [0.1, 0.15) is 17.8 Å². The molecular formula is C24H26ClN5O2. The molecule has 1 aliphatic carbocycles. The van der Waals surface area contributed by atoms with Crippen LogP contribution in [0, 0.1) is 0 Å². The fourth-order valence-electron chi connectivity index (χ4n) is 4.90. The third-order valence-corrected chi connectivity index (χ3v) is 6.54. The number of nitrogens with one attached hydrogen (secondary N) is 1. The lowest BCUT2D eigenvalue weighted by Gasteiger charge is -2.28. The zero-order valence-electron chi connectivity index (χ0n) is 18.0. The number of hydrogen-bond acceptors (Lipinski definition) is 5. The molecule has 2 aliphatic rings. The molecule has 166 valence electrons. The van der Waals surface area contributed by atoms with E-state index >= 15 is 0 Å². The summed E-state index contributed by atoms with van der Waals surface area (Å²) in [6.07, 6.45) is 7.13. The van der Waals surface area contributed by atoms with Crippen LogP contribution < -0.4 is 10.1 Å². The summed E-state index contributed by atoms with van der Waals surface area (Å²) in [6.45, 7) is 1.55. The van der Waals surface area contributed by atoms with Gasteiger partial charge in [-0.05, 0) is 61.9 Å². The summed E-state index contributed by atoms with van der Waals surface area (Å²) in [5.74, 6) is 2.82. The zero-order chi connectivity index (χ0) is 22.1. The first kappa shape index (κ1) is 20.9. The Morgan fingerprint density at radius 3 is 2.72 bits per heavy atom. The molecule has 3 heterocycles. The zero-order valence-corrected chi connectivity index (χ0v) is 18.8. The van der Waals surface area contributed by atoms with E-state index in [0.717, 1.165) is 48.6 Å². The molecule has 7 nitrogen and oxygen atoms in total. The molecule has 1 saturated carbocycles. The first-order valence-electron chi connectivity index (χ1n) is 11.1. The second-order valence-corrected chi connectivity index (χ2v) is 9.08. The molecule has 0 radical (unpaired) electrons. The average Bonchev–Trinajstić information content (AvgIpc) is 3.11. The van der Waals surface area contributed by atoms with Crippen molar-refractivity contribution in [2.45, 2.75) is 63.5 Å². The molecule has 5 rings (SSSR count). The van der Waals surface area contributed by atoms with Gasteiger partial charge in [-0.2, -0.15) is 0 Å². The molecule has 0 saturated heterocycles. The van der Waals surface area contributed by atoms with Crippen molar-refractivity contribution in [1.29, 1.82) is 0 Å². The lowest BCUT2D eigenvalue weighted by Crippen LogP contribution is -2.36. The Kier molecular flexibility index (Phi) is 5.83. The van der Waals surface area contributed by atoms with Gasteiger partial charge < -0.3 is 10.1 Å². The SMILES string of the molecule is CC(=O)N[C@@H]1Cc2cc(Cl)ccc2-n2c(nnc2[C@H]2CC[C@H](Oc3ccccn3)CC2)C1. The quantitative estimate of drug-likeness (QED) is 0.647. The van der Waals surface area contributed by atoms with E-state index in [1.165, 1.54) is 0 Å². The number of amides is 1. The normalized spacial score (nSPS) is 22.4. The van der Waals surface area contributed by atoms with Crippen LogP contribution in [0.15, 0.2) is 42.6 Å². The van der Waals surface area contributed by atoms with E-state index in [2.05, 4.69) is 25.1 Å². The Balaban J connectivity index is 1.39. The monoisotopic (exact) mass is 451 g/mol. The van der Waals surface area contributed by atoms with Crippen LogP contribution in [-0.4, -0.2) is 37.8 Å². The second-order valence-electron chi connectivity index (χ2n) is 8.65. The summed E-state index contributed by atoms with van der Waals surface area (Å²) in [4.78, 5) is 16.0. The molecule has 1 N–H and O–H groups in total. The number of nitrogens with zero attached hydrogens (tertiary/aromatic N) is 4. The summed E-state index contributed by atoms with van der Waals surface area (Å²) in [5, 5.41) is 12.9. The first-order valence-corrected chi connectivity index (χ1v) is 11.5. The van der Waals surface area contributed by atoms with Crippen molar-refractivity contribution < 1.29 is 9.53 Å². The Hall–Kier alpha value is -2.93. The highest BCUT2D eigenvalue weighted by Crippen LogP contribution is 2.37. The summed E-state index contributed by atoms with van der Waals surface area (Å²) in [7, 11) is 0. The summed E-state index contributed by atoms with van der Waals surface area (Å²) in [6, 6.07) is 11.6. The highest BCUT2D eigenvalue weighted by molar-refractivity contribution is 6.30. The first-order chi connectivity index (χ1) is 15.6. The van der Waals surface area contributed by atoms with Crippen molar-refractivity contribution in [3.05, 3.63) is 64.8 Å². The van der Waals surface area contributed by atoms with Crippen LogP contribution in [0.5, 0.6) is 5.88 Å². The maximum absolute atomic E-state index is 11.7. The Morgan fingerprint density at radius 1 is 1.12 bits per heavy atom. The van der Waals surface area contributed by atoms with Crippen molar-refractivity contribution in [3.8, 4) is 11.6 Å². The highest BCUT2D eigenvalue weighted by atomic mass is 35.5. The van der Waals surface area contributed by atoms with Gasteiger partial charge in [0.2, 0.25) is 11.8 Å². The van der Waals surface area contributed by atoms with E-state index < -0.39 is 0 Å². The van der Waals surface area contributed by atoms with Gasteiger partial charge >= 0.3 is 0 Å². The predicted molar refractivity (Wildman–Crippen MR) is 121 cm³/mol. The van der Waals surface area contributed by atoms with Gasteiger partial charge in [0.25, 0.3) is 0 Å². The van der Waals surface area contributed by atoms with E-state index in [9.17, 15) is 4.79 Å². The molecule has 1 amide bonds. The molecule has 0 bridgehead atoms. The number of pyridine rings is 1. The molecule has 2 aromatic heterocycles. The second kappa shape index (κ2) is 8.90. The lowest BCUT2D eigenvalue weighted by atomic mass is 9.86. The lowest BCUT2D eigenvalue weighted by molar-refractivity contribution is -0.119. The fraction of sp³-hybridized carbons (Fsp3) is 0.417. The number of hydrogen-bond donors (Lipinski definition) is 1. The van der Waals surface area contributed by atoms with Gasteiger partial charge in [-0.25, -0.2) is 4.98 Å². The molecule has 0 unspecified atom stereocenters. The van der Waals surface area contributed by atoms with Gasteiger partial charge in [-0.3, -0.25) is 9.36 Å². The van der Waals surface area contributed by atoms with E-state index in [0.29, 0.717) is 29.7 Å². The number of fused-ring (bicyclic) bond motifs is 3.